The minimum Gasteiger partial charge on any atom is -0.478 e. The molecule has 0 saturated heterocycles. The molecular weight excluding hydrogens is 192 g/mol. The molecule has 1 rings (SSSR count). The fraction of sp³-hybridized carbons (Fsp3) is 0.750. The van der Waals surface area contributed by atoms with E-state index in [2.05, 4.69) is 20.4 Å². The normalized spacial score (nSPS) is 18.2. The molecule has 0 radical (unpaired) electrons. The highest BCUT2D eigenvalue weighted by Crippen LogP contribution is 2.35. The van der Waals surface area contributed by atoms with Crippen molar-refractivity contribution in [1.29, 1.82) is 0 Å². The molecule has 0 amide bonds. The molecular formula is C12H22O3. The zero-order valence-electron chi connectivity index (χ0n) is 9.92. The standard InChI is InChI=1S/C8H16O.C4H6O2/c1-7(2)8(9)5-3-4-6-8;1-3(2)4(5)6/h7,9H,3-6H2,1-2H3;1H2,2H3,(H,5,6). The van der Waals surface area contributed by atoms with Gasteiger partial charge in [-0.05, 0) is 25.7 Å². The van der Waals surface area contributed by atoms with Crippen molar-refractivity contribution in [2.24, 2.45) is 5.92 Å². The van der Waals surface area contributed by atoms with Gasteiger partial charge in [0, 0.05) is 5.57 Å². The summed E-state index contributed by atoms with van der Waals surface area (Å²) >= 11 is 0. The Labute approximate surface area is 91.8 Å². The van der Waals surface area contributed by atoms with Crippen molar-refractivity contribution in [3.63, 3.8) is 0 Å². The van der Waals surface area contributed by atoms with E-state index in [1.807, 2.05) is 0 Å². The molecule has 0 spiro atoms. The summed E-state index contributed by atoms with van der Waals surface area (Å²) < 4.78 is 0. The first kappa shape index (κ1) is 14.2. The second-order valence-corrected chi connectivity index (χ2v) is 4.55. The van der Waals surface area contributed by atoms with Crippen molar-refractivity contribution in [2.75, 3.05) is 0 Å². The maximum absolute atomic E-state index is 9.77. The Kier molecular flexibility index (Phi) is 5.58. The minimum atomic E-state index is -0.935. The van der Waals surface area contributed by atoms with Crippen molar-refractivity contribution in [3.8, 4) is 0 Å². The third-order valence-electron chi connectivity index (χ3n) is 2.91. The maximum Gasteiger partial charge on any atom is 0.330 e. The highest BCUT2D eigenvalue weighted by atomic mass is 16.4. The molecule has 0 atom stereocenters. The van der Waals surface area contributed by atoms with Crippen molar-refractivity contribution in [2.45, 2.75) is 52.1 Å². The van der Waals surface area contributed by atoms with Gasteiger partial charge in [0.2, 0.25) is 0 Å². The van der Waals surface area contributed by atoms with Gasteiger partial charge in [0.05, 0.1) is 5.60 Å². The first-order chi connectivity index (χ1) is 6.79. The SMILES string of the molecule is C=C(C)C(=O)O.CC(C)C1(O)CCCC1. The lowest BCUT2D eigenvalue weighted by molar-refractivity contribution is -0.132. The van der Waals surface area contributed by atoms with Crippen LogP contribution in [0.2, 0.25) is 0 Å². The van der Waals surface area contributed by atoms with Gasteiger partial charge in [0.25, 0.3) is 0 Å². The van der Waals surface area contributed by atoms with E-state index in [4.69, 9.17) is 5.11 Å². The lowest BCUT2D eigenvalue weighted by atomic mass is 9.89. The smallest absolute Gasteiger partial charge is 0.330 e. The second kappa shape index (κ2) is 5.91. The molecule has 0 aliphatic heterocycles. The zero-order chi connectivity index (χ0) is 12.1. The number of carboxylic acids is 1. The molecule has 0 aromatic heterocycles. The van der Waals surface area contributed by atoms with Gasteiger partial charge in [-0.25, -0.2) is 4.79 Å². The molecule has 0 bridgehead atoms. The zero-order valence-corrected chi connectivity index (χ0v) is 9.92. The van der Waals surface area contributed by atoms with E-state index < -0.39 is 5.97 Å². The largest absolute Gasteiger partial charge is 0.478 e. The van der Waals surface area contributed by atoms with Crippen LogP contribution in [0.15, 0.2) is 12.2 Å². The molecule has 88 valence electrons. The van der Waals surface area contributed by atoms with Crippen LogP contribution in [0.4, 0.5) is 0 Å². The summed E-state index contributed by atoms with van der Waals surface area (Å²) in [5.41, 5.74) is -0.130. The molecule has 0 unspecified atom stereocenters. The fourth-order valence-corrected chi connectivity index (χ4v) is 1.56. The fourth-order valence-electron chi connectivity index (χ4n) is 1.56. The number of aliphatic hydroxyl groups is 1. The van der Waals surface area contributed by atoms with Crippen molar-refractivity contribution in [1.82, 2.24) is 0 Å². The Hall–Kier alpha value is -0.830. The van der Waals surface area contributed by atoms with Crippen LogP contribution in [-0.2, 0) is 4.79 Å². The van der Waals surface area contributed by atoms with Gasteiger partial charge in [-0.15, -0.1) is 0 Å². The van der Waals surface area contributed by atoms with Gasteiger partial charge in [-0.3, -0.25) is 0 Å². The van der Waals surface area contributed by atoms with E-state index in [9.17, 15) is 9.90 Å². The minimum absolute atomic E-state index is 0.176. The Balaban J connectivity index is 0.000000288. The number of carboxylic acid groups (broad SMARTS) is 1. The van der Waals surface area contributed by atoms with E-state index in [0.717, 1.165) is 12.8 Å². The number of rotatable bonds is 2. The summed E-state index contributed by atoms with van der Waals surface area (Å²) in [6, 6.07) is 0. The second-order valence-electron chi connectivity index (χ2n) is 4.55. The molecule has 0 aromatic carbocycles. The average Bonchev–Trinajstić information content (AvgIpc) is 2.54. The van der Waals surface area contributed by atoms with Crippen LogP contribution in [0.3, 0.4) is 0 Å². The van der Waals surface area contributed by atoms with Gasteiger partial charge >= 0.3 is 5.97 Å². The molecule has 0 aromatic rings. The first-order valence-corrected chi connectivity index (χ1v) is 5.41. The van der Waals surface area contributed by atoms with Gasteiger partial charge in [-0.2, -0.15) is 0 Å². The molecule has 1 aliphatic carbocycles. The van der Waals surface area contributed by atoms with Crippen LogP contribution in [-0.4, -0.2) is 21.8 Å². The summed E-state index contributed by atoms with van der Waals surface area (Å²) in [5.74, 6) is -0.491. The lowest BCUT2D eigenvalue weighted by Crippen LogP contribution is -2.30. The third-order valence-corrected chi connectivity index (χ3v) is 2.91. The summed E-state index contributed by atoms with van der Waals surface area (Å²) in [4.78, 5) is 9.60. The quantitative estimate of drug-likeness (QED) is 0.695. The predicted molar refractivity (Wildman–Crippen MR) is 60.7 cm³/mol. The highest BCUT2D eigenvalue weighted by molar-refractivity contribution is 5.84. The van der Waals surface area contributed by atoms with Crippen LogP contribution >= 0.6 is 0 Å². The van der Waals surface area contributed by atoms with Crippen LogP contribution in [0.25, 0.3) is 0 Å². The van der Waals surface area contributed by atoms with Crippen LogP contribution in [0.1, 0.15) is 46.5 Å². The molecule has 15 heavy (non-hydrogen) atoms. The number of aliphatic carboxylic acids is 1. The molecule has 2 N–H and O–H groups in total. The van der Waals surface area contributed by atoms with E-state index in [-0.39, 0.29) is 11.2 Å². The summed E-state index contributed by atoms with van der Waals surface area (Å²) in [7, 11) is 0. The Morgan fingerprint density at radius 3 is 1.80 bits per heavy atom. The average molecular weight is 214 g/mol. The summed E-state index contributed by atoms with van der Waals surface area (Å²) in [6.45, 7) is 8.81. The van der Waals surface area contributed by atoms with Crippen LogP contribution in [0.5, 0.6) is 0 Å². The molecule has 1 aliphatic rings. The maximum atomic E-state index is 9.77. The Morgan fingerprint density at radius 2 is 1.67 bits per heavy atom. The van der Waals surface area contributed by atoms with Gasteiger partial charge in [0.1, 0.15) is 0 Å². The molecule has 0 heterocycles. The Bertz CT molecular complexity index is 213. The van der Waals surface area contributed by atoms with Crippen LogP contribution in [0, 0.1) is 5.92 Å². The third kappa shape index (κ3) is 4.98. The number of hydrogen-bond donors (Lipinski definition) is 2. The van der Waals surface area contributed by atoms with Crippen molar-refractivity contribution >= 4 is 5.97 Å². The van der Waals surface area contributed by atoms with Gasteiger partial charge in [-0.1, -0.05) is 33.3 Å². The topological polar surface area (TPSA) is 57.5 Å². The Morgan fingerprint density at radius 1 is 1.33 bits per heavy atom. The van der Waals surface area contributed by atoms with E-state index in [1.54, 1.807) is 0 Å². The monoisotopic (exact) mass is 214 g/mol. The molecule has 1 fully saturated rings. The first-order valence-electron chi connectivity index (χ1n) is 5.41. The van der Waals surface area contributed by atoms with E-state index in [1.165, 1.54) is 19.8 Å². The highest BCUT2D eigenvalue weighted by Gasteiger charge is 2.33. The molecule has 3 nitrogen and oxygen atoms in total. The van der Waals surface area contributed by atoms with E-state index >= 15 is 0 Å². The van der Waals surface area contributed by atoms with Gasteiger partial charge in [0.15, 0.2) is 0 Å². The van der Waals surface area contributed by atoms with E-state index in [0.29, 0.717) is 5.92 Å². The van der Waals surface area contributed by atoms with Crippen molar-refractivity contribution < 1.29 is 15.0 Å². The van der Waals surface area contributed by atoms with Gasteiger partial charge < -0.3 is 10.2 Å². The predicted octanol–water partition coefficient (Wildman–Crippen LogP) is 2.59. The number of carbonyl (C=O) groups is 1. The van der Waals surface area contributed by atoms with Crippen LogP contribution < -0.4 is 0 Å². The number of hydrogen-bond acceptors (Lipinski definition) is 2. The molecule has 1 saturated carbocycles. The molecule has 3 heteroatoms. The lowest BCUT2D eigenvalue weighted by Gasteiger charge is -2.26. The summed E-state index contributed by atoms with van der Waals surface area (Å²) in [5, 5.41) is 17.7. The summed E-state index contributed by atoms with van der Waals surface area (Å²) in [6.07, 6.45) is 4.47. The van der Waals surface area contributed by atoms with Crippen molar-refractivity contribution in [3.05, 3.63) is 12.2 Å².